The molecule has 0 aliphatic rings. The molecular weight excluding hydrogens is 280 g/mol. The number of hydrogen-bond donors (Lipinski definition) is 2. The number of carboxylic acid groups (broad SMARTS) is 1. The number of nitrogens with one attached hydrogen (secondary N) is 1. The zero-order valence-electron chi connectivity index (χ0n) is 11.8. The van der Waals surface area contributed by atoms with Crippen molar-refractivity contribution in [1.82, 2.24) is 10.2 Å². The minimum atomic E-state index is -1.08. The highest BCUT2D eigenvalue weighted by Crippen LogP contribution is 2.19. The molecule has 1 heterocycles. The van der Waals surface area contributed by atoms with Crippen LogP contribution in [0.4, 0.5) is 4.79 Å². The lowest BCUT2D eigenvalue weighted by atomic mass is 10.2. The molecular formula is C13H20N2O4S. The van der Waals surface area contributed by atoms with E-state index in [0.717, 1.165) is 0 Å². The molecule has 7 heteroatoms. The molecule has 1 aromatic heterocycles. The van der Waals surface area contributed by atoms with Gasteiger partial charge in [0.2, 0.25) is 0 Å². The molecule has 1 atom stereocenters. The van der Waals surface area contributed by atoms with Gasteiger partial charge in [-0.05, 0) is 25.3 Å². The molecule has 0 saturated heterocycles. The van der Waals surface area contributed by atoms with E-state index in [9.17, 15) is 14.7 Å². The number of urea groups is 1. The van der Waals surface area contributed by atoms with E-state index in [4.69, 9.17) is 4.74 Å². The molecule has 2 amide bonds. The van der Waals surface area contributed by atoms with E-state index < -0.39 is 18.0 Å². The number of carboxylic acids is 1. The largest absolute Gasteiger partial charge is 0.479 e. The summed E-state index contributed by atoms with van der Waals surface area (Å²) in [7, 11) is 1.60. The van der Waals surface area contributed by atoms with Gasteiger partial charge in [0.05, 0.1) is 12.7 Å². The summed E-state index contributed by atoms with van der Waals surface area (Å²) < 4.78 is 5.35. The van der Waals surface area contributed by atoms with Crippen LogP contribution in [0.2, 0.25) is 0 Å². The molecule has 1 aromatic rings. The Morgan fingerprint density at radius 1 is 1.50 bits per heavy atom. The van der Waals surface area contributed by atoms with Crippen LogP contribution < -0.4 is 5.32 Å². The molecule has 0 spiro atoms. The van der Waals surface area contributed by atoms with Gasteiger partial charge < -0.3 is 20.1 Å². The number of nitrogens with zero attached hydrogens (tertiary/aromatic N) is 1. The molecule has 0 bridgehead atoms. The van der Waals surface area contributed by atoms with Crippen LogP contribution >= 0.6 is 11.3 Å². The lowest BCUT2D eigenvalue weighted by molar-refractivity contribution is -0.139. The number of aliphatic carboxylic acids is 1. The highest BCUT2D eigenvalue weighted by molar-refractivity contribution is 7.10. The molecule has 0 aliphatic carbocycles. The van der Waals surface area contributed by atoms with Gasteiger partial charge in [0.25, 0.3) is 0 Å². The summed E-state index contributed by atoms with van der Waals surface area (Å²) in [6.07, 6.45) is 0.101. The predicted octanol–water partition coefficient (Wildman–Crippen LogP) is 1.94. The van der Waals surface area contributed by atoms with Crippen LogP contribution in [0.25, 0.3) is 0 Å². The fraction of sp³-hybridized carbons (Fsp3) is 0.538. The van der Waals surface area contributed by atoms with E-state index in [0.29, 0.717) is 18.0 Å². The van der Waals surface area contributed by atoms with Crippen molar-refractivity contribution in [2.75, 3.05) is 20.2 Å². The van der Waals surface area contributed by atoms with E-state index in [1.54, 1.807) is 24.6 Å². The average molecular weight is 300 g/mol. The fourth-order valence-electron chi connectivity index (χ4n) is 1.47. The SMILES string of the molecule is CC(C)OCCN(C)C(=O)NC(C(=O)O)c1cccs1. The molecule has 1 unspecified atom stereocenters. The van der Waals surface area contributed by atoms with Crippen LogP contribution in [-0.4, -0.2) is 48.3 Å². The van der Waals surface area contributed by atoms with Crippen LogP contribution in [0.1, 0.15) is 24.8 Å². The highest BCUT2D eigenvalue weighted by atomic mass is 32.1. The maximum absolute atomic E-state index is 11.9. The number of ether oxygens (including phenoxy) is 1. The Bertz CT molecular complexity index is 434. The monoisotopic (exact) mass is 300 g/mol. The summed E-state index contributed by atoms with van der Waals surface area (Å²) in [5.74, 6) is -1.08. The van der Waals surface area contributed by atoms with Crippen LogP contribution in [-0.2, 0) is 9.53 Å². The second-order valence-corrected chi connectivity index (χ2v) is 5.56. The topological polar surface area (TPSA) is 78.9 Å². The molecule has 0 aliphatic heterocycles. The van der Waals surface area contributed by atoms with E-state index in [-0.39, 0.29) is 6.10 Å². The Morgan fingerprint density at radius 2 is 2.20 bits per heavy atom. The minimum Gasteiger partial charge on any atom is -0.479 e. The van der Waals surface area contributed by atoms with E-state index in [1.165, 1.54) is 16.2 Å². The van der Waals surface area contributed by atoms with Gasteiger partial charge in [0, 0.05) is 18.5 Å². The lowest BCUT2D eigenvalue weighted by Crippen LogP contribution is -2.43. The Labute approximate surface area is 122 Å². The smallest absolute Gasteiger partial charge is 0.331 e. The number of carbonyl (C=O) groups excluding carboxylic acids is 1. The molecule has 0 fully saturated rings. The predicted molar refractivity (Wildman–Crippen MR) is 76.9 cm³/mol. The van der Waals surface area contributed by atoms with E-state index in [2.05, 4.69) is 5.32 Å². The molecule has 6 nitrogen and oxygen atoms in total. The quantitative estimate of drug-likeness (QED) is 0.806. The first-order valence-corrected chi connectivity index (χ1v) is 7.19. The zero-order valence-corrected chi connectivity index (χ0v) is 12.6. The number of amides is 2. The van der Waals surface area contributed by atoms with Gasteiger partial charge in [-0.2, -0.15) is 0 Å². The molecule has 0 saturated carbocycles. The normalized spacial score (nSPS) is 12.2. The van der Waals surface area contributed by atoms with Crippen molar-refractivity contribution in [3.8, 4) is 0 Å². The summed E-state index contributed by atoms with van der Waals surface area (Å²) >= 11 is 1.30. The maximum Gasteiger partial charge on any atom is 0.331 e. The maximum atomic E-state index is 11.9. The van der Waals surface area contributed by atoms with Gasteiger partial charge in [0.1, 0.15) is 0 Å². The number of hydrogen-bond acceptors (Lipinski definition) is 4. The number of rotatable bonds is 7. The minimum absolute atomic E-state index is 0.101. The lowest BCUT2D eigenvalue weighted by Gasteiger charge is -2.21. The summed E-state index contributed by atoms with van der Waals surface area (Å²) in [6.45, 7) is 4.65. The summed E-state index contributed by atoms with van der Waals surface area (Å²) in [4.78, 5) is 25.1. The number of carbonyl (C=O) groups is 2. The first-order chi connectivity index (χ1) is 9.41. The molecule has 0 aromatic carbocycles. The van der Waals surface area contributed by atoms with E-state index in [1.807, 2.05) is 13.8 Å². The molecule has 0 radical (unpaired) electrons. The van der Waals surface area contributed by atoms with Crippen molar-refractivity contribution < 1.29 is 19.4 Å². The first kappa shape index (κ1) is 16.5. The van der Waals surface area contributed by atoms with Gasteiger partial charge in [-0.1, -0.05) is 6.07 Å². The third kappa shape index (κ3) is 5.18. The van der Waals surface area contributed by atoms with Gasteiger partial charge in [-0.25, -0.2) is 9.59 Å². The van der Waals surface area contributed by atoms with Crippen LogP contribution in [0.15, 0.2) is 17.5 Å². The van der Waals surface area contributed by atoms with Crippen molar-refractivity contribution >= 4 is 23.3 Å². The van der Waals surface area contributed by atoms with Crippen molar-refractivity contribution in [1.29, 1.82) is 0 Å². The van der Waals surface area contributed by atoms with Crippen molar-refractivity contribution in [3.63, 3.8) is 0 Å². The summed E-state index contributed by atoms with van der Waals surface area (Å²) in [6, 6.07) is 1.99. The van der Waals surface area contributed by atoms with Crippen LogP contribution in [0.5, 0.6) is 0 Å². The van der Waals surface area contributed by atoms with Crippen molar-refractivity contribution in [2.24, 2.45) is 0 Å². The van der Waals surface area contributed by atoms with Gasteiger partial charge in [-0.3, -0.25) is 0 Å². The third-order valence-electron chi connectivity index (χ3n) is 2.57. The van der Waals surface area contributed by atoms with Crippen LogP contribution in [0.3, 0.4) is 0 Å². The zero-order chi connectivity index (χ0) is 15.1. The van der Waals surface area contributed by atoms with Gasteiger partial charge in [-0.15, -0.1) is 11.3 Å². The second kappa shape index (κ2) is 7.86. The second-order valence-electron chi connectivity index (χ2n) is 4.58. The number of likely N-dealkylation sites (N-methyl/N-ethyl adjacent to an activating group) is 1. The molecule has 20 heavy (non-hydrogen) atoms. The Hall–Kier alpha value is -1.60. The van der Waals surface area contributed by atoms with Gasteiger partial charge >= 0.3 is 12.0 Å². The Kier molecular flexibility index (Phi) is 6.47. The van der Waals surface area contributed by atoms with Gasteiger partial charge in [0.15, 0.2) is 6.04 Å². The van der Waals surface area contributed by atoms with Crippen molar-refractivity contribution in [3.05, 3.63) is 22.4 Å². The van der Waals surface area contributed by atoms with Crippen molar-refractivity contribution in [2.45, 2.75) is 26.0 Å². The standard InChI is InChI=1S/C13H20N2O4S/c1-9(2)19-7-6-15(3)13(18)14-11(12(16)17)10-5-4-8-20-10/h4-5,8-9,11H,6-7H2,1-3H3,(H,14,18)(H,16,17). The average Bonchev–Trinajstić information content (AvgIpc) is 2.88. The van der Waals surface area contributed by atoms with Crippen LogP contribution in [0, 0.1) is 0 Å². The molecule has 2 N–H and O–H groups in total. The molecule has 1 rings (SSSR count). The third-order valence-corrected chi connectivity index (χ3v) is 3.50. The molecule has 112 valence electrons. The summed E-state index contributed by atoms with van der Waals surface area (Å²) in [5.41, 5.74) is 0. The highest BCUT2D eigenvalue weighted by Gasteiger charge is 2.24. The first-order valence-electron chi connectivity index (χ1n) is 6.31. The summed E-state index contributed by atoms with van der Waals surface area (Å²) in [5, 5.41) is 13.4. The van der Waals surface area contributed by atoms with E-state index >= 15 is 0 Å². The Morgan fingerprint density at radius 3 is 2.70 bits per heavy atom. The fourth-order valence-corrected chi connectivity index (χ4v) is 2.24. The number of thiophene rings is 1. The Balaban J connectivity index is 2.52.